The number of aliphatic imine (C=N–C) groups is 1. The zero-order chi connectivity index (χ0) is 20.8. The molecule has 1 aromatic carbocycles. The highest BCUT2D eigenvalue weighted by Gasteiger charge is 2.41. The van der Waals surface area contributed by atoms with Crippen molar-refractivity contribution in [2.45, 2.75) is 57.4 Å². The van der Waals surface area contributed by atoms with E-state index >= 15 is 0 Å². The molecule has 2 fully saturated rings. The van der Waals surface area contributed by atoms with Crippen molar-refractivity contribution in [1.29, 1.82) is 0 Å². The molecule has 160 valence electrons. The van der Waals surface area contributed by atoms with E-state index in [-0.39, 0.29) is 0 Å². The predicted octanol–water partition coefficient (Wildman–Crippen LogP) is 3.65. The maximum absolute atomic E-state index is 6.12. The molecule has 0 spiro atoms. The summed E-state index contributed by atoms with van der Waals surface area (Å²) in [5.41, 5.74) is 0.940. The summed E-state index contributed by atoms with van der Waals surface area (Å²) in [7, 11) is 1.78. The Balaban J connectivity index is 1.40. The van der Waals surface area contributed by atoms with Gasteiger partial charge in [0.1, 0.15) is 0 Å². The van der Waals surface area contributed by atoms with Gasteiger partial charge in [0.2, 0.25) is 5.88 Å². The van der Waals surface area contributed by atoms with Crippen LogP contribution >= 0.6 is 0 Å². The Morgan fingerprint density at radius 2 is 2.07 bits per heavy atom. The van der Waals surface area contributed by atoms with Crippen molar-refractivity contribution in [2.24, 2.45) is 4.99 Å². The van der Waals surface area contributed by atoms with E-state index in [0.29, 0.717) is 43.0 Å². The summed E-state index contributed by atoms with van der Waals surface area (Å²) in [5, 5.41) is 6.88. The molecule has 30 heavy (non-hydrogen) atoms. The molecular weight excluding hydrogens is 380 g/mol. The first-order valence-electron chi connectivity index (χ1n) is 10.7. The topological polar surface area (TPSA) is 77.0 Å². The van der Waals surface area contributed by atoms with Crippen LogP contribution in [0, 0.1) is 0 Å². The van der Waals surface area contributed by atoms with Gasteiger partial charge in [0.15, 0.2) is 17.5 Å². The molecule has 0 aliphatic carbocycles. The Hall–Kier alpha value is -2.80. The number of benzene rings is 1. The van der Waals surface area contributed by atoms with E-state index in [4.69, 9.17) is 14.2 Å². The maximum atomic E-state index is 6.12. The molecule has 2 N–H and O–H groups in total. The van der Waals surface area contributed by atoms with Crippen molar-refractivity contribution in [3.8, 4) is 17.4 Å². The van der Waals surface area contributed by atoms with Gasteiger partial charge in [0, 0.05) is 25.4 Å². The summed E-state index contributed by atoms with van der Waals surface area (Å²) < 4.78 is 17.9. The van der Waals surface area contributed by atoms with Crippen LogP contribution in [0.4, 0.5) is 0 Å². The summed E-state index contributed by atoms with van der Waals surface area (Å²) in [6, 6.07) is 11.9. The average molecular weight is 411 g/mol. The predicted molar refractivity (Wildman–Crippen MR) is 116 cm³/mol. The molecule has 3 unspecified atom stereocenters. The minimum atomic E-state index is 0.297. The van der Waals surface area contributed by atoms with Gasteiger partial charge >= 0.3 is 0 Å². The van der Waals surface area contributed by atoms with Crippen LogP contribution in [0.5, 0.6) is 17.4 Å². The van der Waals surface area contributed by atoms with Crippen molar-refractivity contribution in [1.82, 2.24) is 15.6 Å². The zero-order valence-corrected chi connectivity index (χ0v) is 17.6. The molecule has 2 aliphatic rings. The molecule has 2 aromatic rings. The lowest BCUT2D eigenvalue weighted by Crippen LogP contribution is -2.47. The lowest BCUT2D eigenvalue weighted by atomic mass is 9.96. The zero-order valence-electron chi connectivity index (χ0n) is 17.6. The first-order chi connectivity index (χ1) is 14.8. The van der Waals surface area contributed by atoms with Crippen LogP contribution in [-0.4, -0.2) is 42.8 Å². The number of nitrogens with zero attached hydrogens (tertiary/aromatic N) is 2. The number of ether oxygens (including phenoxy) is 3. The Bertz CT molecular complexity index is 873. The number of aromatic nitrogens is 1. The van der Waals surface area contributed by atoms with Crippen LogP contribution in [0.3, 0.4) is 0 Å². The fourth-order valence-electron chi connectivity index (χ4n) is 3.96. The smallest absolute Gasteiger partial charge is 0.224 e. The highest BCUT2D eigenvalue weighted by atomic mass is 16.5. The van der Waals surface area contributed by atoms with Gasteiger partial charge in [-0.15, -0.1) is 0 Å². The van der Waals surface area contributed by atoms with E-state index in [1.165, 1.54) is 6.42 Å². The Kier molecular flexibility index (Phi) is 6.69. The fourth-order valence-corrected chi connectivity index (χ4v) is 3.96. The summed E-state index contributed by atoms with van der Waals surface area (Å²) in [6.45, 7) is 3.27. The lowest BCUT2D eigenvalue weighted by molar-refractivity contribution is 0.0992. The van der Waals surface area contributed by atoms with Crippen molar-refractivity contribution < 1.29 is 14.2 Å². The number of hydrogen-bond donors (Lipinski definition) is 2. The van der Waals surface area contributed by atoms with Gasteiger partial charge < -0.3 is 24.8 Å². The number of nitrogens with one attached hydrogen (secondary N) is 2. The number of guanidine groups is 1. The molecule has 2 aliphatic heterocycles. The third kappa shape index (κ3) is 4.84. The fraction of sp³-hybridized carbons (Fsp3) is 0.478. The number of rotatable bonds is 8. The van der Waals surface area contributed by atoms with Crippen molar-refractivity contribution in [3.63, 3.8) is 0 Å². The van der Waals surface area contributed by atoms with Crippen LogP contribution in [-0.2, 0) is 11.3 Å². The van der Waals surface area contributed by atoms with Crippen molar-refractivity contribution in [3.05, 3.63) is 48.2 Å². The quantitative estimate of drug-likeness (QED) is 0.511. The largest absolute Gasteiger partial charge is 0.490 e. The molecule has 2 saturated heterocycles. The van der Waals surface area contributed by atoms with Gasteiger partial charge in [0.25, 0.3) is 0 Å². The van der Waals surface area contributed by atoms with Crippen molar-refractivity contribution >= 4 is 5.96 Å². The molecule has 3 heterocycles. The first kappa shape index (κ1) is 20.5. The van der Waals surface area contributed by atoms with Crippen molar-refractivity contribution in [2.75, 3.05) is 13.7 Å². The van der Waals surface area contributed by atoms with Gasteiger partial charge in [-0.3, -0.25) is 4.99 Å². The van der Waals surface area contributed by atoms with E-state index in [9.17, 15) is 0 Å². The molecule has 0 radical (unpaired) electrons. The molecule has 0 saturated carbocycles. The maximum Gasteiger partial charge on any atom is 0.224 e. The minimum absolute atomic E-state index is 0.297. The third-order valence-corrected chi connectivity index (χ3v) is 5.47. The van der Waals surface area contributed by atoms with E-state index in [2.05, 4.69) is 27.5 Å². The summed E-state index contributed by atoms with van der Waals surface area (Å²) in [4.78, 5) is 8.80. The van der Waals surface area contributed by atoms with Crippen LogP contribution in [0.2, 0.25) is 0 Å². The standard InChI is InChI=1S/C23H30N4O3/c1-3-13-28-20-8-4-5-9-21(20)30-22-16(7-6-12-25-22)15-26-23(24-2)27-18-14-17-10-11-19(18)29-17/h4-9,12,17-19H,3,10-11,13-15H2,1-2H3,(H2,24,26,27). The van der Waals surface area contributed by atoms with Crippen LogP contribution < -0.4 is 20.1 Å². The number of para-hydroxylation sites is 2. The SMILES string of the molecule is CCCOc1ccccc1Oc1ncccc1CNC(=NC)NC1CC2CCC1O2. The van der Waals surface area contributed by atoms with Crippen LogP contribution in [0.25, 0.3) is 0 Å². The normalized spacial score (nSPS) is 22.7. The van der Waals surface area contributed by atoms with Crippen LogP contribution in [0.1, 0.15) is 38.2 Å². The Morgan fingerprint density at radius 3 is 2.80 bits per heavy atom. The van der Waals surface area contributed by atoms with Crippen LogP contribution in [0.15, 0.2) is 47.6 Å². The summed E-state index contributed by atoms with van der Waals surface area (Å²) >= 11 is 0. The molecule has 3 atom stereocenters. The molecule has 1 aromatic heterocycles. The number of fused-ring (bicyclic) bond motifs is 2. The average Bonchev–Trinajstić information content (AvgIpc) is 3.40. The monoisotopic (exact) mass is 410 g/mol. The van der Waals surface area contributed by atoms with Gasteiger partial charge in [-0.25, -0.2) is 4.98 Å². The van der Waals surface area contributed by atoms with Gasteiger partial charge in [0.05, 0.1) is 24.9 Å². The first-order valence-corrected chi connectivity index (χ1v) is 10.7. The van der Waals surface area contributed by atoms with E-state index < -0.39 is 0 Å². The number of pyridine rings is 1. The highest BCUT2D eigenvalue weighted by Crippen LogP contribution is 2.34. The highest BCUT2D eigenvalue weighted by molar-refractivity contribution is 5.80. The second-order valence-electron chi connectivity index (χ2n) is 7.65. The molecular formula is C23H30N4O3. The third-order valence-electron chi connectivity index (χ3n) is 5.47. The van der Waals surface area contributed by atoms with E-state index in [1.807, 2.05) is 36.4 Å². The molecule has 0 amide bonds. The Morgan fingerprint density at radius 1 is 1.20 bits per heavy atom. The molecule has 2 bridgehead atoms. The second kappa shape index (κ2) is 9.80. The Labute approximate surface area is 177 Å². The van der Waals surface area contributed by atoms with E-state index in [1.54, 1.807) is 13.2 Å². The number of hydrogen-bond acceptors (Lipinski definition) is 5. The second-order valence-corrected chi connectivity index (χ2v) is 7.65. The molecule has 7 nitrogen and oxygen atoms in total. The lowest BCUT2D eigenvalue weighted by Gasteiger charge is -2.23. The molecule has 4 rings (SSSR count). The molecule has 7 heteroatoms. The summed E-state index contributed by atoms with van der Waals surface area (Å²) in [5.74, 6) is 2.69. The minimum Gasteiger partial charge on any atom is -0.490 e. The summed E-state index contributed by atoms with van der Waals surface area (Å²) in [6.07, 6.45) is 6.71. The van der Waals surface area contributed by atoms with Gasteiger partial charge in [-0.1, -0.05) is 25.1 Å². The van der Waals surface area contributed by atoms with E-state index in [0.717, 1.165) is 36.5 Å². The van der Waals surface area contributed by atoms with Gasteiger partial charge in [-0.05, 0) is 43.9 Å². The van der Waals surface area contributed by atoms with Gasteiger partial charge in [-0.2, -0.15) is 0 Å².